The highest BCUT2D eigenvalue weighted by Gasteiger charge is 2.36. The molecule has 2 aromatic carbocycles. The Balaban J connectivity index is 1.68. The lowest BCUT2D eigenvalue weighted by Gasteiger charge is -2.18. The number of nitrogens with one attached hydrogen (secondary N) is 1. The Bertz CT molecular complexity index is 984. The highest BCUT2D eigenvalue weighted by atomic mass is 19.4. The average Bonchev–Trinajstić information content (AvgIpc) is 3.17. The Labute approximate surface area is 183 Å². The third kappa shape index (κ3) is 4.90. The summed E-state index contributed by atoms with van der Waals surface area (Å²) in [5.41, 5.74) is -0.0465. The van der Waals surface area contributed by atoms with Gasteiger partial charge in [-0.3, -0.25) is 9.59 Å². The van der Waals surface area contributed by atoms with Gasteiger partial charge in [0.1, 0.15) is 0 Å². The number of hydrogen-bond donors (Lipinski definition) is 1. The number of ether oxygens (including phenoxy) is 3. The summed E-state index contributed by atoms with van der Waals surface area (Å²) in [6.45, 7) is 0.144. The zero-order valence-electron chi connectivity index (χ0n) is 17.8. The highest BCUT2D eigenvalue weighted by Crippen LogP contribution is 2.38. The Morgan fingerprint density at radius 3 is 2.31 bits per heavy atom. The molecule has 0 aliphatic carbocycles. The van der Waals surface area contributed by atoms with Crippen molar-refractivity contribution in [3.8, 4) is 17.2 Å². The van der Waals surface area contributed by atoms with E-state index in [4.69, 9.17) is 14.2 Å². The molecule has 3 rings (SSSR count). The largest absolute Gasteiger partial charge is 0.493 e. The third-order valence-electron chi connectivity index (χ3n) is 5.17. The van der Waals surface area contributed by atoms with Crippen molar-refractivity contribution in [2.45, 2.75) is 19.1 Å². The monoisotopic (exact) mass is 452 g/mol. The van der Waals surface area contributed by atoms with Crippen LogP contribution in [-0.2, 0) is 22.3 Å². The smallest absolute Gasteiger partial charge is 0.416 e. The zero-order valence-corrected chi connectivity index (χ0v) is 17.8. The van der Waals surface area contributed by atoms with Gasteiger partial charge in [-0.05, 0) is 35.9 Å². The summed E-state index contributed by atoms with van der Waals surface area (Å²) in [6, 6.07) is 7.89. The summed E-state index contributed by atoms with van der Waals surface area (Å²) in [5, 5.41) is 2.76. The maximum atomic E-state index is 13.0. The zero-order chi connectivity index (χ0) is 23.5. The topological polar surface area (TPSA) is 77.1 Å². The van der Waals surface area contributed by atoms with Gasteiger partial charge in [0.15, 0.2) is 11.5 Å². The van der Waals surface area contributed by atoms with Gasteiger partial charge in [0.05, 0.1) is 32.8 Å². The number of anilines is 1. The van der Waals surface area contributed by atoms with Gasteiger partial charge in [0, 0.05) is 25.2 Å². The quantitative estimate of drug-likeness (QED) is 0.697. The molecule has 0 aromatic heterocycles. The number of rotatable bonds is 7. The van der Waals surface area contributed by atoms with Gasteiger partial charge in [-0.2, -0.15) is 13.2 Å². The van der Waals surface area contributed by atoms with E-state index in [-0.39, 0.29) is 31.1 Å². The molecule has 32 heavy (non-hydrogen) atoms. The van der Waals surface area contributed by atoms with Crippen molar-refractivity contribution in [3.05, 3.63) is 47.5 Å². The van der Waals surface area contributed by atoms with Crippen molar-refractivity contribution < 1.29 is 37.0 Å². The standard InChI is InChI=1S/C22H23F3N2O5/c1-30-17-7-13(8-18(31-2)20(17)32-3)11-26-21(29)14-9-19(28)27(12-14)16-6-4-5-15(10-16)22(23,24)25/h4-8,10,14H,9,11-12H2,1-3H3,(H,26,29). The van der Waals surface area contributed by atoms with Crippen LogP contribution in [0.2, 0.25) is 0 Å². The van der Waals surface area contributed by atoms with Crippen molar-refractivity contribution in [1.29, 1.82) is 0 Å². The van der Waals surface area contributed by atoms with Crippen LogP contribution >= 0.6 is 0 Å². The van der Waals surface area contributed by atoms with E-state index in [1.54, 1.807) is 12.1 Å². The van der Waals surface area contributed by atoms with Crippen LogP contribution in [0.3, 0.4) is 0 Å². The molecule has 1 atom stereocenters. The number of alkyl halides is 3. The van der Waals surface area contributed by atoms with E-state index in [0.29, 0.717) is 22.8 Å². The molecule has 1 fully saturated rings. The SMILES string of the molecule is COc1cc(CNC(=O)C2CC(=O)N(c3cccc(C(F)(F)F)c3)C2)cc(OC)c1OC. The molecule has 1 N–H and O–H groups in total. The van der Waals surface area contributed by atoms with Crippen LogP contribution in [0.5, 0.6) is 17.2 Å². The summed E-state index contributed by atoms with van der Waals surface area (Å²) in [4.78, 5) is 26.2. The number of carbonyl (C=O) groups excluding carboxylic acids is 2. The molecule has 10 heteroatoms. The van der Waals surface area contributed by atoms with Gasteiger partial charge in [-0.25, -0.2) is 0 Å². The van der Waals surface area contributed by atoms with Crippen molar-refractivity contribution in [2.75, 3.05) is 32.8 Å². The summed E-state index contributed by atoms with van der Waals surface area (Å²) in [5.74, 6) is -0.174. The highest BCUT2D eigenvalue weighted by molar-refractivity contribution is 6.00. The Kier molecular flexibility index (Phi) is 6.81. The molecule has 172 valence electrons. The second kappa shape index (κ2) is 9.37. The van der Waals surface area contributed by atoms with Crippen molar-refractivity contribution >= 4 is 17.5 Å². The van der Waals surface area contributed by atoms with Crippen LogP contribution in [-0.4, -0.2) is 39.7 Å². The normalized spacial score (nSPS) is 16.1. The number of amides is 2. The lowest BCUT2D eigenvalue weighted by atomic mass is 10.1. The summed E-state index contributed by atoms with van der Waals surface area (Å²) in [7, 11) is 4.44. The Morgan fingerprint density at radius 2 is 1.75 bits per heavy atom. The molecule has 0 bridgehead atoms. The minimum absolute atomic E-state index is 0.00122. The van der Waals surface area contributed by atoms with Crippen molar-refractivity contribution in [2.24, 2.45) is 5.92 Å². The van der Waals surface area contributed by atoms with Gasteiger partial charge in [0.2, 0.25) is 17.6 Å². The number of benzene rings is 2. The van der Waals surface area contributed by atoms with E-state index in [0.717, 1.165) is 12.1 Å². The van der Waals surface area contributed by atoms with Crippen molar-refractivity contribution in [1.82, 2.24) is 5.32 Å². The number of carbonyl (C=O) groups is 2. The first-order valence-corrected chi connectivity index (χ1v) is 9.72. The molecule has 7 nitrogen and oxygen atoms in total. The molecule has 0 saturated carbocycles. The number of hydrogen-bond acceptors (Lipinski definition) is 5. The van der Waals surface area contributed by atoms with Crippen LogP contribution in [0.25, 0.3) is 0 Å². The molecule has 1 saturated heterocycles. The van der Waals surface area contributed by atoms with Crippen molar-refractivity contribution in [3.63, 3.8) is 0 Å². The van der Waals surface area contributed by atoms with E-state index in [2.05, 4.69) is 5.32 Å². The number of halogens is 3. The van der Waals surface area contributed by atoms with Gasteiger partial charge in [0.25, 0.3) is 0 Å². The molecule has 1 aliphatic heterocycles. The molecular weight excluding hydrogens is 429 g/mol. The van der Waals surface area contributed by atoms with Crippen LogP contribution in [0.15, 0.2) is 36.4 Å². The van der Waals surface area contributed by atoms with Crippen LogP contribution < -0.4 is 24.4 Å². The van der Waals surface area contributed by atoms with Gasteiger partial charge in [-0.15, -0.1) is 0 Å². The third-order valence-corrected chi connectivity index (χ3v) is 5.17. The van der Waals surface area contributed by atoms with E-state index in [1.165, 1.54) is 38.4 Å². The second-order valence-electron chi connectivity index (χ2n) is 7.20. The van der Waals surface area contributed by atoms with Crippen LogP contribution in [0.1, 0.15) is 17.5 Å². The minimum atomic E-state index is -4.52. The van der Waals surface area contributed by atoms with E-state index in [1.807, 2.05) is 0 Å². The predicted octanol–water partition coefficient (Wildman–Crippen LogP) is 3.40. The maximum Gasteiger partial charge on any atom is 0.416 e. The Morgan fingerprint density at radius 1 is 1.09 bits per heavy atom. The van der Waals surface area contributed by atoms with E-state index in [9.17, 15) is 22.8 Å². The van der Waals surface area contributed by atoms with E-state index >= 15 is 0 Å². The maximum absolute atomic E-state index is 13.0. The fraction of sp³-hybridized carbons (Fsp3) is 0.364. The van der Waals surface area contributed by atoms with Crippen LogP contribution in [0.4, 0.5) is 18.9 Å². The summed E-state index contributed by atoms with van der Waals surface area (Å²) in [6.07, 6.45) is -4.60. The van der Waals surface area contributed by atoms with Gasteiger partial charge >= 0.3 is 6.18 Å². The summed E-state index contributed by atoms with van der Waals surface area (Å²) >= 11 is 0. The second-order valence-corrected chi connectivity index (χ2v) is 7.20. The molecule has 2 aromatic rings. The fourth-order valence-corrected chi connectivity index (χ4v) is 3.55. The Hall–Kier alpha value is -3.43. The fourth-order valence-electron chi connectivity index (χ4n) is 3.55. The van der Waals surface area contributed by atoms with Gasteiger partial charge in [-0.1, -0.05) is 6.07 Å². The average molecular weight is 452 g/mol. The van der Waals surface area contributed by atoms with E-state index < -0.39 is 23.6 Å². The van der Waals surface area contributed by atoms with Crippen LogP contribution in [0, 0.1) is 5.92 Å². The molecule has 1 heterocycles. The summed E-state index contributed by atoms with van der Waals surface area (Å²) < 4.78 is 54.8. The molecule has 0 radical (unpaired) electrons. The molecule has 1 unspecified atom stereocenters. The first kappa shape index (κ1) is 23.2. The lowest BCUT2D eigenvalue weighted by Crippen LogP contribution is -2.32. The number of methoxy groups -OCH3 is 3. The minimum Gasteiger partial charge on any atom is -0.493 e. The number of nitrogens with zero attached hydrogens (tertiary/aromatic N) is 1. The molecule has 0 spiro atoms. The lowest BCUT2D eigenvalue weighted by molar-refractivity contribution is -0.137. The first-order valence-electron chi connectivity index (χ1n) is 9.72. The molecular formula is C22H23F3N2O5. The predicted molar refractivity (Wildman–Crippen MR) is 110 cm³/mol. The van der Waals surface area contributed by atoms with Gasteiger partial charge < -0.3 is 24.4 Å². The first-order chi connectivity index (χ1) is 15.2. The molecule has 1 aliphatic rings. The molecule has 2 amide bonds.